The summed E-state index contributed by atoms with van der Waals surface area (Å²) in [7, 11) is 1.32. The summed E-state index contributed by atoms with van der Waals surface area (Å²) < 4.78 is 36.5. The molecule has 17 heavy (non-hydrogen) atoms. The van der Waals surface area contributed by atoms with Crippen molar-refractivity contribution in [1.82, 2.24) is 10.2 Å². The fraction of sp³-hybridized carbons (Fsp3) is 0.900. The summed E-state index contributed by atoms with van der Waals surface area (Å²) in [6, 6.07) is 0.201. The number of hydrogen-bond acceptors (Lipinski definition) is 3. The molecule has 1 atom stereocenters. The third kappa shape index (κ3) is 4.91. The second kappa shape index (κ2) is 4.81. The van der Waals surface area contributed by atoms with Gasteiger partial charge in [-0.15, -0.1) is 0 Å². The molecule has 3 N–H and O–H groups in total. The average molecular weight is 253 g/mol. The van der Waals surface area contributed by atoms with Gasteiger partial charge in [-0.2, -0.15) is 13.2 Å². The van der Waals surface area contributed by atoms with Gasteiger partial charge >= 0.3 is 6.18 Å². The molecule has 1 aliphatic carbocycles. The number of hydrogen-bond donors (Lipinski definition) is 2. The average Bonchev–Trinajstić information content (AvgIpc) is 2.83. The van der Waals surface area contributed by atoms with Crippen molar-refractivity contribution in [3.8, 4) is 0 Å². The van der Waals surface area contributed by atoms with Crippen molar-refractivity contribution in [2.75, 3.05) is 20.1 Å². The van der Waals surface area contributed by atoms with E-state index in [1.165, 1.54) is 7.05 Å². The summed E-state index contributed by atoms with van der Waals surface area (Å²) in [6.45, 7) is 0.432. The van der Waals surface area contributed by atoms with Crippen LogP contribution in [0.1, 0.15) is 19.8 Å². The lowest BCUT2D eigenvalue weighted by molar-refractivity contribution is -0.147. The van der Waals surface area contributed by atoms with Crippen molar-refractivity contribution in [2.45, 2.75) is 37.5 Å². The zero-order valence-electron chi connectivity index (χ0n) is 9.97. The largest absolute Gasteiger partial charge is 0.401 e. The molecule has 100 valence electrons. The summed E-state index contributed by atoms with van der Waals surface area (Å²) >= 11 is 0. The van der Waals surface area contributed by atoms with Crippen LogP contribution in [0.15, 0.2) is 0 Å². The Morgan fingerprint density at radius 1 is 1.41 bits per heavy atom. The van der Waals surface area contributed by atoms with Crippen LogP contribution in [-0.4, -0.2) is 48.7 Å². The van der Waals surface area contributed by atoms with Crippen LogP contribution in [0.25, 0.3) is 0 Å². The molecule has 1 aliphatic rings. The van der Waals surface area contributed by atoms with Crippen molar-refractivity contribution in [3.05, 3.63) is 0 Å². The Morgan fingerprint density at radius 2 is 1.94 bits per heavy atom. The monoisotopic (exact) mass is 253 g/mol. The summed E-state index contributed by atoms with van der Waals surface area (Å²) in [4.78, 5) is 12.4. The molecule has 0 aromatic carbocycles. The predicted octanol–water partition coefficient (Wildman–Crippen LogP) is 0.477. The second-order valence-corrected chi connectivity index (χ2v) is 4.90. The first-order valence-electron chi connectivity index (χ1n) is 5.45. The number of primary amides is 1. The van der Waals surface area contributed by atoms with Gasteiger partial charge in [0.15, 0.2) is 0 Å². The van der Waals surface area contributed by atoms with Crippen LogP contribution < -0.4 is 11.1 Å². The Bertz CT molecular complexity index is 291. The first-order chi connectivity index (χ1) is 7.62. The van der Waals surface area contributed by atoms with Gasteiger partial charge in [0.05, 0.1) is 6.54 Å². The molecule has 4 nitrogen and oxygen atoms in total. The third-order valence-electron chi connectivity index (χ3n) is 2.68. The van der Waals surface area contributed by atoms with Crippen molar-refractivity contribution >= 4 is 5.91 Å². The topological polar surface area (TPSA) is 58.4 Å². The number of rotatable bonds is 6. The van der Waals surface area contributed by atoms with Crippen LogP contribution in [-0.2, 0) is 4.79 Å². The van der Waals surface area contributed by atoms with Crippen molar-refractivity contribution < 1.29 is 18.0 Å². The summed E-state index contributed by atoms with van der Waals surface area (Å²) in [5, 5.41) is 3.00. The van der Waals surface area contributed by atoms with E-state index >= 15 is 0 Å². The first kappa shape index (κ1) is 14.2. The van der Waals surface area contributed by atoms with Crippen LogP contribution in [0, 0.1) is 0 Å². The van der Waals surface area contributed by atoms with Crippen LogP contribution in [0.5, 0.6) is 0 Å². The van der Waals surface area contributed by atoms with Crippen molar-refractivity contribution in [3.63, 3.8) is 0 Å². The molecule has 0 aromatic rings. The lowest BCUT2D eigenvalue weighted by atomic mass is 10.0. The Balaban J connectivity index is 2.56. The van der Waals surface area contributed by atoms with Gasteiger partial charge in [0.2, 0.25) is 5.91 Å². The van der Waals surface area contributed by atoms with Gasteiger partial charge < -0.3 is 5.73 Å². The van der Waals surface area contributed by atoms with E-state index in [2.05, 4.69) is 5.32 Å². The van der Waals surface area contributed by atoms with Gasteiger partial charge in [0.1, 0.15) is 5.54 Å². The first-order valence-corrected chi connectivity index (χ1v) is 5.45. The molecule has 0 aliphatic heterocycles. The summed E-state index contributed by atoms with van der Waals surface area (Å²) in [5.74, 6) is -0.626. The number of alkyl halides is 3. The molecule has 1 fully saturated rings. The van der Waals surface area contributed by atoms with E-state index in [9.17, 15) is 18.0 Å². The normalized spacial score (nSPS) is 20.4. The predicted molar refractivity (Wildman–Crippen MR) is 57.3 cm³/mol. The molecular formula is C10H18F3N3O. The smallest absolute Gasteiger partial charge is 0.368 e. The minimum absolute atomic E-state index is 0.0572. The number of carbonyl (C=O) groups is 1. The molecule has 0 bridgehead atoms. The standard InChI is InChI=1S/C10H18F3N3O/c1-9(8(14)17,15-7-3-4-7)5-16(2)6-10(11,12)13/h7,15H,3-6H2,1-2H3,(H2,14,17). The maximum atomic E-state index is 12.2. The molecule has 0 heterocycles. The highest BCUT2D eigenvalue weighted by Gasteiger charge is 2.39. The minimum atomic E-state index is -4.27. The van der Waals surface area contributed by atoms with Gasteiger partial charge in [-0.1, -0.05) is 0 Å². The lowest BCUT2D eigenvalue weighted by Crippen LogP contribution is -2.60. The SMILES string of the molecule is CN(CC(F)(F)F)CC(C)(NC1CC1)C(N)=O. The maximum Gasteiger partial charge on any atom is 0.401 e. The summed E-state index contributed by atoms with van der Waals surface area (Å²) in [6.07, 6.45) is -2.40. The molecule has 0 spiro atoms. The fourth-order valence-corrected chi connectivity index (χ4v) is 1.77. The molecule has 1 rings (SSSR count). The molecule has 1 saturated carbocycles. The van der Waals surface area contributed by atoms with Gasteiger partial charge in [-0.25, -0.2) is 0 Å². The van der Waals surface area contributed by atoms with Gasteiger partial charge in [0, 0.05) is 12.6 Å². The van der Waals surface area contributed by atoms with Crippen molar-refractivity contribution in [1.29, 1.82) is 0 Å². The van der Waals surface area contributed by atoms with Gasteiger partial charge in [-0.05, 0) is 26.8 Å². The van der Waals surface area contributed by atoms with Crippen LogP contribution >= 0.6 is 0 Å². The number of halogens is 3. The molecule has 1 amide bonds. The maximum absolute atomic E-state index is 12.2. The highest BCUT2D eigenvalue weighted by atomic mass is 19.4. The Morgan fingerprint density at radius 3 is 2.29 bits per heavy atom. The number of likely N-dealkylation sites (N-methyl/N-ethyl adjacent to an activating group) is 1. The number of carbonyl (C=O) groups excluding carboxylic acids is 1. The molecular weight excluding hydrogens is 235 g/mol. The fourth-order valence-electron chi connectivity index (χ4n) is 1.77. The molecule has 0 radical (unpaired) electrons. The number of nitrogens with one attached hydrogen (secondary N) is 1. The highest BCUT2D eigenvalue weighted by molar-refractivity contribution is 5.84. The van der Waals surface area contributed by atoms with Crippen LogP contribution in [0.2, 0.25) is 0 Å². The van der Waals surface area contributed by atoms with E-state index in [0.717, 1.165) is 17.7 Å². The lowest BCUT2D eigenvalue weighted by Gasteiger charge is -2.32. The quantitative estimate of drug-likeness (QED) is 0.723. The Kier molecular flexibility index (Phi) is 4.03. The zero-order chi connectivity index (χ0) is 13.3. The van der Waals surface area contributed by atoms with E-state index < -0.39 is 24.2 Å². The summed E-state index contributed by atoms with van der Waals surface area (Å²) in [5.41, 5.74) is 4.14. The van der Waals surface area contributed by atoms with Gasteiger partial charge in [0.25, 0.3) is 0 Å². The molecule has 0 saturated heterocycles. The van der Waals surface area contributed by atoms with Gasteiger partial charge in [-0.3, -0.25) is 15.0 Å². The highest BCUT2D eigenvalue weighted by Crippen LogP contribution is 2.23. The Hall–Kier alpha value is -0.820. The number of nitrogens with zero attached hydrogens (tertiary/aromatic N) is 1. The van der Waals surface area contributed by atoms with E-state index in [4.69, 9.17) is 5.73 Å². The minimum Gasteiger partial charge on any atom is -0.368 e. The Labute approximate surface area is 98.3 Å². The number of amides is 1. The third-order valence-corrected chi connectivity index (χ3v) is 2.68. The molecule has 0 aromatic heterocycles. The number of nitrogens with two attached hydrogens (primary N) is 1. The van der Waals surface area contributed by atoms with Crippen molar-refractivity contribution in [2.24, 2.45) is 5.73 Å². The zero-order valence-corrected chi connectivity index (χ0v) is 9.97. The molecule has 7 heteroatoms. The van der Waals surface area contributed by atoms with E-state index in [1.807, 2.05) is 0 Å². The second-order valence-electron chi connectivity index (χ2n) is 4.90. The van der Waals surface area contributed by atoms with E-state index in [0.29, 0.717) is 0 Å². The van der Waals surface area contributed by atoms with Crippen LogP contribution in [0.3, 0.4) is 0 Å². The molecule has 1 unspecified atom stereocenters. The van der Waals surface area contributed by atoms with E-state index in [1.54, 1.807) is 6.92 Å². The van der Waals surface area contributed by atoms with E-state index in [-0.39, 0.29) is 12.6 Å². The van der Waals surface area contributed by atoms with Crippen LogP contribution in [0.4, 0.5) is 13.2 Å².